The van der Waals surface area contributed by atoms with Crippen LogP contribution in [0.15, 0.2) is 41.5 Å². The van der Waals surface area contributed by atoms with Crippen LogP contribution < -0.4 is 15.5 Å². The molecule has 0 atom stereocenters. The van der Waals surface area contributed by atoms with Crippen molar-refractivity contribution in [2.75, 3.05) is 25.0 Å². The van der Waals surface area contributed by atoms with E-state index in [2.05, 4.69) is 55.6 Å². The fourth-order valence-electron chi connectivity index (χ4n) is 3.22. The Morgan fingerprint density at radius 2 is 2.00 bits per heavy atom. The number of aromatic nitrogens is 2. The zero-order chi connectivity index (χ0) is 18.4. The van der Waals surface area contributed by atoms with Crippen LogP contribution in [-0.4, -0.2) is 42.1 Å². The van der Waals surface area contributed by atoms with Gasteiger partial charge in [0.2, 0.25) is 0 Å². The molecule has 26 heavy (non-hydrogen) atoms. The maximum Gasteiger partial charge on any atom is 0.191 e. The van der Waals surface area contributed by atoms with Crippen molar-refractivity contribution in [2.24, 2.45) is 4.99 Å². The molecule has 3 heterocycles. The molecule has 2 aromatic rings. The summed E-state index contributed by atoms with van der Waals surface area (Å²) in [5.41, 5.74) is 3.31. The van der Waals surface area contributed by atoms with Gasteiger partial charge in [-0.15, -0.1) is 0 Å². The van der Waals surface area contributed by atoms with Gasteiger partial charge in [-0.05, 0) is 50.5 Å². The van der Waals surface area contributed by atoms with E-state index >= 15 is 0 Å². The number of nitrogens with one attached hydrogen (secondary N) is 2. The maximum absolute atomic E-state index is 4.63. The number of guanidine groups is 1. The summed E-state index contributed by atoms with van der Waals surface area (Å²) in [5.74, 6) is 1.92. The lowest BCUT2D eigenvalue weighted by Gasteiger charge is -2.34. The van der Waals surface area contributed by atoms with Gasteiger partial charge in [0.05, 0.1) is 12.2 Å². The molecule has 0 aromatic carbocycles. The molecule has 0 saturated carbocycles. The molecule has 0 radical (unpaired) electrons. The number of aliphatic imine (C=N–C) groups is 1. The number of pyridine rings is 2. The predicted molar refractivity (Wildman–Crippen MR) is 107 cm³/mol. The summed E-state index contributed by atoms with van der Waals surface area (Å²) < 4.78 is 0. The highest BCUT2D eigenvalue weighted by molar-refractivity contribution is 5.80. The first kappa shape index (κ1) is 18.2. The molecule has 1 fully saturated rings. The summed E-state index contributed by atoms with van der Waals surface area (Å²) >= 11 is 0. The molecular formula is C20H28N6. The first-order chi connectivity index (χ1) is 12.7. The van der Waals surface area contributed by atoms with Gasteiger partial charge in [-0.1, -0.05) is 12.1 Å². The normalized spacial score (nSPS) is 15.8. The molecule has 0 bridgehead atoms. The van der Waals surface area contributed by atoms with Crippen LogP contribution >= 0.6 is 0 Å². The zero-order valence-corrected chi connectivity index (χ0v) is 15.9. The quantitative estimate of drug-likeness (QED) is 0.653. The largest absolute Gasteiger partial charge is 0.356 e. The molecular weight excluding hydrogens is 324 g/mol. The molecule has 3 rings (SSSR count). The summed E-state index contributed by atoms with van der Waals surface area (Å²) in [6, 6.07) is 10.7. The number of piperidine rings is 1. The average molecular weight is 352 g/mol. The third kappa shape index (κ3) is 4.71. The van der Waals surface area contributed by atoms with E-state index in [0.717, 1.165) is 49.1 Å². The highest BCUT2D eigenvalue weighted by atomic mass is 15.2. The Morgan fingerprint density at radius 3 is 2.69 bits per heavy atom. The average Bonchev–Trinajstić information content (AvgIpc) is 2.67. The standard InChI is InChI=1S/C20H28N6/c1-15-6-5-11-22-18(15)14-23-20(21-3)25-17-9-12-26(13-10-17)19-8-4-7-16(2)24-19/h4-8,11,17H,9-10,12-14H2,1-3H3,(H2,21,23,25). The Bertz CT molecular complexity index is 749. The number of anilines is 1. The fourth-order valence-corrected chi connectivity index (χ4v) is 3.22. The second-order valence-electron chi connectivity index (χ2n) is 6.74. The molecule has 0 amide bonds. The minimum atomic E-state index is 0.423. The second-order valence-corrected chi connectivity index (χ2v) is 6.74. The molecule has 2 N–H and O–H groups in total. The third-order valence-electron chi connectivity index (χ3n) is 4.80. The van der Waals surface area contributed by atoms with E-state index in [4.69, 9.17) is 0 Å². The number of hydrogen-bond acceptors (Lipinski definition) is 4. The Labute approximate surface area is 155 Å². The minimum absolute atomic E-state index is 0.423. The third-order valence-corrected chi connectivity index (χ3v) is 4.80. The highest BCUT2D eigenvalue weighted by Crippen LogP contribution is 2.18. The van der Waals surface area contributed by atoms with Crippen LogP contribution in [0, 0.1) is 13.8 Å². The van der Waals surface area contributed by atoms with Crippen molar-refractivity contribution in [2.45, 2.75) is 39.3 Å². The molecule has 1 aliphatic heterocycles. The van der Waals surface area contributed by atoms with Crippen LogP contribution in [0.2, 0.25) is 0 Å². The van der Waals surface area contributed by atoms with Gasteiger partial charge in [-0.25, -0.2) is 4.98 Å². The van der Waals surface area contributed by atoms with E-state index in [-0.39, 0.29) is 0 Å². The molecule has 2 aromatic heterocycles. The van der Waals surface area contributed by atoms with Gasteiger partial charge in [-0.3, -0.25) is 9.98 Å². The van der Waals surface area contributed by atoms with Crippen molar-refractivity contribution >= 4 is 11.8 Å². The van der Waals surface area contributed by atoms with Crippen molar-refractivity contribution in [1.82, 2.24) is 20.6 Å². The van der Waals surface area contributed by atoms with Crippen LogP contribution in [0.3, 0.4) is 0 Å². The molecule has 138 valence electrons. The molecule has 0 unspecified atom stereocenters. The smallest absolute Gasteiger partial charge is 0.191 e. The van der Waals surface area contributed by atoms with Gasteiger partial charge in [-0.2, -0.15) is 0 Å². The monoisotopic (exact) mass is 352 g/mol. The lowest BCUT2D eigenvalue weighted by atomic mass is 10.1. The van der Waals surface area contributed by atoms with Crippen LogP contribution in [-0.2, 0) is 6.54 Å². The van der Waals surface area contributed by atoms with E-state index in [1.807, 2.05) is 32.3 Å². The van der Waals surface area contributed by atoms with Crippen molar-refractivity contribution in [3.63, 3.8) is 0 Å². The summed E-state index contributed by atoms with van der Waals surface area (Å²) in [4.78, 5) is 15.8. The maximum atomic E-state index is 4.63. The first-order valence-electron chi connectivity index (χ1n) is 9.22. The predicted octanol–water partition coefficient (Wildman–Crippen LogP) is 2.43. The lowest BCUT2D eigenvalue weighted by Crippen LogP contribution is -2.48. The van der Waals surface area contributed by atoms with Crippen LogP contribution in [0.4, 0.5) is 5.82 Å². The number of rotatable bonds is 4. The molecule has 1 aliphatic rings. The van der Waals surface area contributed by atoms with Crippen LogP contribution in [0.25, 0.3) is 0 Å². The number of hydrogen-bond donors (Lipinski definition) is 2. The Hall–Kier alpha value is -2.63. The SMILES string of the molecule is CN=C(NCc1ncccc1C)NC1CCN(c2cccc(C)n2)CC1. The Kier molecular flexibility index (Phi) is 6.04. The van der Waals surface area contributed by atoms with Gasteiger partial charge >= 0.3 is 0 Å². The second kappa shape index (κ2) is 8.65. The van der Waals surface area contributed by atoms with Crippen molar-refractivity contribution < 1.29 is 0 Å². The topological polar surface area (TPSA) is 65.4 Å². The fraction of sp³-hybridized carbons (Fsp3) is 0.450. The van der Waals surface area contributed by atoms with Gasteiger partial charge < -0.3 is 15.5 Å². The highest BCUT2D eigenvalue weighted by Gasteiger charge is 2.21. The summed E-state index contributed by atoms with van der Waals surface area (Å²) in [6.07, 6.45) is 3.97. The summed E-state index contributed by atoms with van der Waals surface area (Å²) in [7, 11) is 1.81. The van der Waals surface area contributed by atoms with Crippen molar-refractivity contribution in [3.8, 4) is 0 Å². The van der Waals surface area contributed by atoms with Gasteiger partial charge in [0, 0.05) is 38.1 Å². The summed E-state index contributed by atoms with van der Waals surface area (Å²) in [5, 5.41) is 6.92. The minimum Gasteiger partial charge on any atom is -0.356 e. The van der Waals surface area contributed by atoms with Crippen molar-refractivity contribution in [1.29, 1.82) is 0 Å². The van der Waals surface area contributed by atoms with Gasteiger partial charge in [0.15, 0.2) is 5.96 Å². The van der Waals surface area contributed by atoms with Gasteiger partial charge in [0.1, 0.15) is 5.82 Å². The van der Waals surface area contributed by atoms with E-state index in [1.54, 1.807) is 0 Å². The first-order valence-corrected chi connectivity index (χ1v) is 9.22. The summed E-state index contributed by atoms with van der Waals surface area (Å²) in [6.45, 7) is 6.80. The number of nitrogens with zero attached hydrogens (tertiary/aromatic N) is 4. The van der Waals surface area contributed by atoms with E-state index < -0.39 is 0 Å². The zero-order valence-electron chi connectivity index (χ0n) is 15.9. The van der Waals surface area contributed by atoms with E-state index in [9.17, 15) is 0 Å². The molecule has 0 aliphatic carbocycles. The Balaban J connectivity index is 1.49. The molecule has 0 spiro atoms. The van der Waals surface area contributed by atoms with Gasteiger partial charge in [0.25, 0.3) is 0 Å². The van der Waals surface area contributed by atoms with Crippen LogP contribution in [0.1, 0.15) is 29.8 Å². The Morgan fingerprint density at radius 1 is 1.19 bits per heavy atom. The molecule has 6 nitrogen and oxygen atoms in total. The van der Waals surface area contributed by atoms with Crippen molar-refractivity contribution in [3.05, 3.63) is 53.5 Å². The molecule has 1 saturated heterocycles. The lowest BCUT2D eigenvalue weighted by molar-refractivity contribution is 0.459. The molecule has 6 heteroatoms. The van der Waals surface area contributed by atoms with Crippen LogP contribution in [0.5, 0.6) is 0 Å². The van der Waals surface area contributed by atoms with E-state index in [1.165, 1.54) is 5.56 Å². The van der Waals surface area contributed by atoms with E-state index in [0.29, 0.717) is 12.6 Å². The number of aryl methyl sites for hydroxylation is 2.